The molecule has 0 atom stereocenters. The van der Waals surface area contributed by atoms with Gasteiger partial charge >= 0.3 is 0 Å². The number of imidazole rings is 1. The fraction of sp³-hybridized carbons (Fsp3) is 0.261. The van der Waals surface area contributed by atoms with Gasteiger partial charge in [0.1, 0.15) is 23.8 Å². The maximum Gasteiger partial charge on any atom is 0.166 e. The molecule has 8 nitrogen and oxygen atoms in total. The highest BCUT2D eigenvalue weighted by molar-refractivity contribution is 6.01. The first-order valence-corrected chi connectivity index (χ1v) is 10.5. The topological polar surface area (TPSA) is 90.5 Å². The number of aryl methyl sites for hydroxylation is 2. The maximum absolute atomic E-state index is 13.4. The molecule has 1 aliphatic carbocycles. The van der Waals surface area contributed by atoms with E-state index in [9.17, 15) is 9.18 Å². The first kappa shape index (κ1) is 20.0. The van der Waals surface area contributed by atoms with Crippen LogP contribution in [-0.4, -0.2) is 35.1 Å². The standard InChI is InChI=1S/C23H22FN7O/c1-4-17-23(27-14(3)30(17)16-7-5-15(24)6-8-16)28-20-11-21(26-12-25-20)31-18-9-10-19(32)22(18)13(2)29-31/h5-8,11-12H,4,9-10H2,1-3H3,(H,25,26,28). The van der Waals surface area contributed by atoms with Gasteiger partial charge in [0, 0.05) is 18.2 Å². The van der Waals surface area contributed by atoms with Crippen molar-refractivity contribution >= 4 is 17.4 Å². The molecule has 0 spiro atoms. The molecule has 9 heteroatoms. The number of hydrogen-bond acceptors (Lipinski definition) is 6. The number of carbonyl (C=O) groups excluding carboxylic acids is 1. The minimum atomic E-state index is -0.279. The van der Waals surface area contributed by atoms with E-state index in [0.29, 0.717) is 42.3 Å². The fourth-order valence-corrected chi connectivity index (χ4v) is 4.30. The molecule has 0 fully saturated rings. The summed E-state index contributed by atoms with van der Waals surface area (Å²) in [5.74, 6) is 2.47. The first-order chi connectivity index (χ1) is 15.5. The van der Waals surface area contributed by atoms with Gasteiger partial charge in [0.2, 0.25) is 0 Å². The molecule has 0 amide bonds. The lowest BCUT2D eigenvalue weighted by molar-refractivity contribution is 0.0994. The molecule has 5 rings (SSSR count). The largest absolute Gasteiger partial charge is 0.323 e. The highest BCUT2D eigenvalue weighted by Crippen LogP contribution is 2.28. The number of nitrogens with zero attached hydrogens (tertiary/aromatic N) is 6. The number of Topliss-reactive ketones (excluding diaryl/α,β-unsaturated/α-hetero) is 1. The van der Waals surface area contributed by atoms with Gasteiger partial charge in [0.05, 0.1) is 22.6 Å². The Hall–Kier alpha value is -3.88. The van der Waals surface area contributed by atoms with Crippen molar-refractivity contribution in [3.8, 4) is 11.5 Å². The zero-order chi connectivity index (χ0) is 22.4. The van der Waals surface area contributed by atoms with Gasteiger partial charge in [-0.1, -0.05) is 6.92 Å². The van der Waals surface area contributed by atoms with E-state index in [4.69, 9.17) is 0 Å². The van der Waals surface area contributed by atoms with E-state index in [1.807, 2.05) is 25.3 Å². The van der Waals surface area contributed by atoms with Gasteiger partial charge in [0.25, 0.3) is 0 Å². The Balaban J connectivity index is 1.51. The number of rotatable bonds is 5. The molecule has 0 aliphatic heterocycles. The summed E-state index contributed by atoms with van der Waals surface area (Å²) in [5, 5.41) is 7.82. The van der Waals surface area contributed by atoms with Crippen LogP contribution in [-0.2, 0) is 12.8 Å². The second-order valence-electron chi connectivity index (χ2n) is 7.75. The van der Waals surface area contributed by atoms with E-state index in [1.54, 1.807) is 22.9 Å². The van der Waals surface area contributed by atoms with Gasteiger partial charge in [-0.3, -0.25) is 9.36 Å². The van der Waals surface area contributed by atoms with E-state index >= 15 is 0 Å². The summed E-state index contributed by atoms with van der Waals surface area (Å²) in [4.78, 5) is 25.5. The molecule has 0 saturated carbocycles. The van der Waals surface area contributed by atoms with E-state index in [0.717, 1.165) is 28.6 Å². The minimum Gasteiger partial charge on any atom is -0.323 e. The zero-order valence-corrected chi connectivity index (χ0v) is 18.1. The SMILES string of the molecule is CCc1c(Nc2cc(-n3nc(C)c4c3CCC4=O)ncn2)nc(C)n1-c1ccc(F)cc1. The molecule has 0 bridgehead atoms. The van der Waals surface area contributed by atoms with Crippen molar-refractivity contribution in [1.29, 1.82) is 0 Å². The van der Waals surface area contributed by atoms with E-state index in [2.05, 4.69) is 25.4 Å². The lowest BCUT2D eigenvalue weighted by atomic mass is 10.2. The van der Waals surface area contributed by atoms with Crippen molar-refractivity contribution in [3.05, 3.63) is 70.9 Å². The Bertz CT molecular complexity index is 1340. The van der Waals surface area contributed by atoms with Crippen molar-refractivity contribution in [2.75, 3.05) is 5.32 Å². The van der Waals surface area contributed by atoms with E-state index < -0.39 is 0 Å². The predicted molar refractivity (Wildman–Crippen MR) is 117 cm³/mol. The Morgan fingerprint density at radius 3 is 2.66 bits per heavy atom. The molecule has 0 radical (unpaired) electrons. The van der Waals surface area contributed by atoms with Gasteiger partial charge in [-0.25, -0.2) is 24.0 Å². The molecule has 3 aromatic heterocycles. The van der Waals surface area contributed by atoms with Gasteiger partial charge in [-0.2, -0.15) is 5.10 Å². The van der Waals surface area contributed by atoms with Crippen molar-refractivity contribution in [1.82, 2.24) is 29.3 Å². The van der Waals surface area contributed by atoms with Crippen LogP contribution in [0.15, 0.2) is 36.7 Å². The number of ketones is 1. The molecule has 0 unspecified atom stereocenters. The van der Waals surface area contributed by atoms with Crippen LogP contribution in [0.4, 0.5) is 16.0 Å². The third-order valence-electron chi connectivity index (χ3n) is 5.70. The quantitative estimate of drug-likeness (QED) is 0.513. The van der Waals surface area contributed by atoms with Crippen LogP contribution >= 0.6 is 0 Å². The molecule has 162 valence electrons. The smallest absolute Gasteiger partial charge is 0.166 e. The summed E-state index contributed by atoms with van der Waals surface area (Å²) >= 11 is 0. The highest BCUT2D eigenvalue weighted by atomic mass is 19.1. The van der Waals surface area contributed by atoms with Crippen LogP contribution in [0, 0.1) is 19.7 Å². The molecule has 32 heavy (non-hydrogen) atoms. The van der Waals surface area contributed by atoms with Crippen LogP contribution in [0.5, 0.6) is 0 Å². The lowest BCUT2D eigenvalue weighted by Gasteiger charge is -2.11. The van der Waals surface area contributed by atoms with Gasteiger partial charge in [0.15, 0.2) is 17.4 Å². The lowest BCUT2D eigenvalue weighted by Crippen LogP contribution is -2.06. The molecule has 0 saturated heterocycles. The van der Waals surface area contributed by atoms with E-state index in [1.165, 1.54) is 18.5 Å². The average molecular weight is 431 g/mol. The number of carbonyl (C=O) groups is 1. The Morgan fingerprint density at radius 1 is 1.12 bits per heavy atom. The van der Waals surface area contributed by atoms with Crippen LogP contribution in [0.1, 0.15) is 46.6 Å². The average Bonchev–Trinajstić information content (AvgIpc) is 3.42. The van der Waals surface area contributed by atoms with Crippen molar-refractivity contribution in [2.24, 2.45) is 0 Å². The molecule has 3 heterocycles. The predicted octanol–water partition coefficient (Wildman–Crippen LogP) is 4.04. The maximum atomic E-state index is 13.4. The van der Waals surface area contributed by atoms with Crippen LogP contribution in [0.2, 0.25) is 0 Å². The Morgan fingerprint density at radius 2 is 1.91 bits per heavy atom. The monoisotopic (exact) mass is 431 g/mol. The number of halogens is 1. The number of aromatic nitrogens is 6. The van der Waals surface area contributed by atoms with Crippen LogP contribution < -0.4 is 5.32 Å². The Kier molecular flexibility index (Phi) is 4.80. The number of nitrogens with one attached hydrogen (secondary N) is 1. The summed E-state index contributed by atoms with van der Waals surface area (Å²) in [5.41, 5.74) is 4.12. The van der Waals surface area contributed by atoms with Crippen LogP contribution in [0.25, 0.3) is 11.5 Å². The molecule has 1 N–H and O–H groups in total. The zero-order valence-electron chi connectivity index (χ0n) is 18.1. The van der Waals surface area contributed by atoms with Gasteiger partial charge in [-0.05, 0) is 51.0 Å². The normalized spacial score (nSPS) is 12.9. The summed E-state index contributed by atoms with van der Waals surface area (Å²) in [6, 6.07) is 8.14. The summed E-state index contributed by atoms with van der Waals surface area (Å²) in [7, 11) is 0. The second-order valence-corrected chi connectivity index (χ2v) is 7.75. The van der Waals surface area contributed by atoms with Gasteiger partial charge < -0.3 is 5.32 Å². The molecular formula is C23H22FN7O. The third kappa shape index (κ3) is 3.26. The van der Waals surface area contributed by atoms with Crippen molar-refractivity contribution < 1.29 is 9.18 Å². The number of benzene rings is 1. The molecular weight excluding hydrogens is 409 g/mol. The van der Waals surface area contributed by atoms with Gasteiger partial charge in [-0.15, -0.1) is 0 Å². The number of fused-ring (bicyclic) bond motifs is 1. The second kappa shape index (κ2) is 7.67. The fourth-order valence-electron chi connectivity index (χ4n) is 4.30. The molecule has 1 aliphatic rings. The Labute approximate surface area is 184 Å². The summed E-state index contributed by atoms with van der Waals surface area (Å²) in [6.07, 6.45) is 3.34. The highest BCUT2D eigenvalue weighted by Gasteiger charge is 2.28. The molecule has 4 aromatic rings. The number of anilines is 2. The van der Waals surface area contributed by atoms with Crippen LogP contribution in [0.3, 0.4) is 0 Å². The minimum absolute atomic E-state index is 0.130. The third-order valence-corrected chi connectivity index (χ3v) is 5.70. The number of hydrogen-bond donors (Lipinski definition) is 1. The van der Waals surface area contributed by atoms with E-state index in [-0.39, 0.29) is 11.6 Å². The van der Waals surface area contributed by atoms with Crippen molar-refractivity contribution in [3.63, 3.8) is 0 Å². The molecule has 1 aromatic carbocycles. The summed E-state index contributed by atoms with van der Waals surface area (Å²) in [6.45, 7) is 5.79. The van der Waals surface area contributed by atoms with Crippen molar-refractivity contribution in [2.45, 2.75) is 40.0 Å². The first-order valence-electron chi connectivity index (χ1n) is 10.5. The summed E-state index contributed by atoms with van der Waals surface area (Å²) < 4.78 is 17.1.